The summed E-state index contributed by atoms with van der Waals surface area (Å²) in [5, 5.41) is 9.31. The van der Waals surface area contributed by atoms with Crippen LogP contribution >= 0.6 is 0 Å². The lowest BCUT2D eigenvalue weighted by Crippen LogP contribution is -2.42. The Bertz CT molecular complexity index is 1450. The van der Waals surface area contributed by atoms with E-state index in [2.05, 4.69) is 20.9 Å². The maximum atomic E-state index is 12.7. The summed E-state index contributed by atoms with van der Waals surface area (Å²) in [5.41, 5.74) is 4.28. The lowest BCUT2D eigenvalue weighted by molar-refractivity contribution is -0.131. The van der Waals surface area contributed by atoms with Crippen LogP contribution in [0.4, 0.5) is 16.2 Å². The molecule has 0 radical (unpaired) electrons. The molecule has 11 heteroatoms. The minimum Gasteiger partial charge on any atom is -0.446 e. The summed E-state index contributed by atoms with van der Waals surface area (Å²) in [6.45, 7) is 6.04. The first-order valence-electron chi connectivity index (χ1n) is 17.2. The third-order valence-electron chi connectivity index (χ3n) is 8.67. The van der Waals surface area contributed by atoms with E-state index in [1.54, 1.807) is 9.80 Å². The number of carbonyl (C=O) groups excluding carboxylic acids is 3. The van der Waals surface area contributed by atoms with Gasteiger partial charge in [0.15, 0.2) is 0 Å². The highest BCUT2D eigenvalue weighted by Crippen LogP contribution is 2.28. The normalized spacial score (nSPS) is 13.4. The molecule has 0 aliphatic carbocycles. The van der Waals surface area contributed by atoms with Crippen LogP contribution in [-0.2, 0) is 14.3 Å². The van der Waals surface area contributed by atoms with Crippen LogP contribution in [0.25, 0.3) is 11.1 Å². The first-order valence-corrected chi connectivity index (χ1v) is 17.2. The van der Waals surface area contributed by atoms with Crippen LogP contribution in [0.15, 0.2) is 78.9 Å². The van der Waals surface area contributed by atoms with E-state index in [-0.39, 0.29) is 17.9 Å². The van der Waals surface area contributed by atoms with Gasteiger partial charge in [0.2, 0.25) is 5.91 Å². The molecule has 4 rings (SSSR count). The Kier molecular flexibility index (Phi) is 15.4. The van der Waals surface area contributed by atoms with Gasteiger partial charge in [-0.1, -0.05) is 48.5 Å². The van der Waals surface area contributed by atoms with E-state index in [1.807, 2.05) is 100 Å². The summed E-state index contributed by atoms with van der Waals surface area (Å²) in [6.07, 6.45) is 2.17. The molecule has 3 aromatic rings. The molecule has 1 fully saturated rings. The molecular formula is C38H52N6O5. The van der Waals surface area contributed by atoms with Gasteiger partial charge in [-0.3, -0.25) is 14.9 Å². The van der Waals surface area contributed by atoms with Gasteiger partial charge >= 0.3 is 6.09 Å². The maximum Gasteiger partial charge on any atom is 0.411 e. The molecule has 1 aliphatic heterocycles. The summed E-state index contributed by atoms with van der Waals surface area (Å²) in [5.74, 6) is 0.0633. The van der Waals surface area contributed by atoms with E-state index >= 15 is 0 Å². The van der Waals surface area contributed by atoms with Crippen molar-refractivity contribution in [2.75, 3.05) is 90.8 Å². The van der Waals surface area contributed by atoms with Gasteiger partial charge in [0.05, 0.1) is 25.3 Å². The van der Waals surface area contributed by atoms with Gasteiger partial charge < -0.3 is 34.8 Å². The van der Waals surface area contributed by atoms with Crippen LogP contribution in [0.5, 0.6) is 0 Å². The zero-order valence-electron chi connectivity index (χ0n) is 29.2. The highest BCUT2D eigenvalue weighted by atomic mass is 16.6. The van der Waals surface area contributed by atoms with E-state index in [9.17, 15) is 14.4 Å². The second kappa shape index (κ2) is 20.2. The van der Waals surface area contributed by atoms with Gasteiger partial charge in [0, 0.05) is 70.2 Å². The molecule has 49 heavy (non-hydrogen) atoms. The molecule has 1 saturated heterocycles. The summed E-state index contributed by atoms with van der Waals surface area (Å²) >= 11 is 0. The summed E-state index contributed by atoms with van der Waals surface area (Å²) in [7, 11) is 5.55. The molecule has 0 unspecified atom stereocenters. The number of likely N-dealkylation sites (tertiary alicyclic amines) is 1. The SMILES string of the molecule is CNCCCN(C)C(=O)c1ccc(NCCOCCC(=O)N(C)CCN2CCC(OC(=O)Nc3ccccc3-c3ccccc3)CC2)cc1. The number of para-hydroxylation sites is 1. The van der Waals surface area contributed by atoms with Crippen molar-refractivity contribution in [2.45, 2.75) is 31.8 Å². The topological polar surface area (TPSA) is 115 Å². The third-order valence-corrected chi connectivity index (χ3v) is 8.67. The Morgan fingerprint density at radius 1 is 0.837 bits per heavy atom. The molecule has 0 saturated carbocycles. The monoisotopic (exact) mass is 672 g/mol. The smallest absolute Gasteiger partial charge is 0.411 e. The predicted molar refractivity (Wildman–Crippen MR) is 195 cm³/mol. The number of carbonyl (C=O) groups is 3. The van der Waals surface area contributed by atoms with Gasteiger partial charge in [-0.25, -0.2) is 4.79 Å². The maximum absolute atomic E-state index is 12.7. The van der Waals surface area contributed by atoms with Gasteiger partial charge in [-0.15, -0.1) is 0 Å². The van der Waals surface area contributed by atoms with Crippen LogP contribution in [0.1, 0.15) is 36.0 Å². The van der Waals surface area contributed by atoms with E-state index in [1.165, 1.54) is 0 Å². The Morgan fingerprint density at radius 2 is 1.55 bits per heavy atom. The van der Waals surface area contributed by atoms with Crippen LogP contribution < -0.4 is 16.0 Å². The number of hydrogen-bond acceptors (Lipinski definition) is 8. The molecule has 1 aliphatic rings. The fourth-order valence-corrected chi connectivity index (χ4v) is 5.68. The molecule has 0 atom stereocenters. The average Bonchev–Trinajstić information content (AvgIpc) is 3.13. The number of likely N-dealkylation sites (N-methyl/N-ethyl adjacent to an activating group) is 1. The summed E-state index contributed by atoms with van der Waals surface area (Å²) < 4.78 is 11.4. The van der Waals surface area contributed by atoms with Crippen molar-refractivity contribution in [3.8, 4) is 11.1 Å². The highest BCUT2D eigenvalue weighted by Gasteiger charge is 2.23. The molecule has 264 valence electrons. The second-order valence-electron chi connectivity index (χ2n) is 12.3. The Labute approximate surface area is 290 Å². The zero-order valence-corrected chi connectivity index (χ0v) is 29.2. The van der Waals surface area contributed by atoms with Crippen molar-refractivity contribution < 1.29 is 23.9 Å². The molecule has 1 heterocycles. The third kappa shape index (κ3) is 12.5. The standard InChI is InChI=1S/C38H52N6O5/c1-39-21-9-23-43(3)37(46)31-14-16-32(17-15-31)40-22-29-48-28-20-36(45)42(2)26-27-44-24-18-33(19-25-44)49-38(47)41-35-13-8-7-12-34(35)30-10-5-4-6-11-30/h4-8,10-17,33,39-40H,9,18-29H2,1-3H3,(H,41,47). The molecule has 3 amide bonds. The summed E-state index contributed by atoms with van der Waals surface area (Å²) in [4.78, 5) is 43.7. The number of benzene rings is 3. The zero-order chi connectivity index (χ0) is 34.8. The van der Waals surface area contributed by atoms with E-state index in [0.29, 0.717) is 44.8 Å². The summed E-state index contributed by atoms with van der Waals surface area (Å²) in [6, 6.07) is 25.1. The van der Waals surface area contributed by atoms with Crippen LogP contribution in [0, 0.1) is 0 Å². The van der Waals surface area contributed by atoms with Gasteiger partial charge in [-0.05, 0) is 68.8 Å². The van der Waals surface area contributed by atoms with E-state index < -0.39 is 6.09 Å². The van der Waals surface area contributed by atoms with Crippen LogP contribution in [-0.4, -0.2) is 119 Å². The minimum absolute atomic E-state index is 0.0125. The Hall–Kier alpha value is -4.45. The van der Waals surface area contributed by atoms with Crippen molar-refractivity contribution in [2.24, 2.45) is 0 Å². The number of rotatable bonds is 18. The highest BCUT2D eigenvalue weighted by molar-refractivity contribution is 5.94. The predicted octanol–water partition coefficient (Wildman–Crippen LogP) is 5.03. The van der Waals surface area contributed by atoms with Crippen molar-refractivity contribution >= 4 is 29.3 Å². The van der Waals surface area contributed by atoms with Gasteiger partial charge in [0.25, 0.3) is 5.91 Å². The molecule has 0 bridgehead atoms. The molecule has 0 spiro atoms. The number of anilines is 2. The Balaban J connectivity index is 1.04. The van der Waals surface area contributed by atoms with Crippen molar-refractivity contribution in [3.63, 3.8) is 0 Å². The van der Waals surface area contributed by atoms with Crippen molar-refractivity contribution in [3.05, 3.63) is 84.4 Å². The minimum atomic E-state index is -0.438. The molecule has 3 aromatic carbocycles. The largest absolute Gasteiger partial charge is 0.446 e. The molecular weight excluding hydrogens is 620 g/mol. The number of nitrogens with one attached hydrogen (secondary N) is 3. The Morgan fingerprint density at radius 3 is 2.29 bits per heavy atom. The number of nitrogens with zero attached hydrogens (tertiary/aromatic N) is 3. The quantitative estimate of drug-likeness (QED) is 0.161. The lowest BCUT2D eigenvalue weighted by Gasteiger charge is -2.32. The van der Waals surface area contributed by atoms with Crippen molar-refractivity contribution in [1.29, 1.82) is 0 Å². The fraction of sp³-hybridized carbons (Fsp3) is 0.447. The number of amides is 3. The first-order chi connectivity index (χ1) is 23.8. The number of ether oxygens (including phenoxy) is 2. The van der Waals surface area contributed by atoms with E-state index in [0.717, 1.165) is 67.9 Å². The number of piperidine rings is 1. The van der Waals surface area contributed by atoms with Crippen LogP contribution in [0.3, 0.4) is 0 Å². The second-order valence-corrected chi connectivity index (χ2v) is 12.3. The molecule has 11 nitrogen and oxygen atoms in total. The fourth-order valence-electron chi connectivity index (χ4n) is 5.68. The van der Waals surface area contributed by atoms with Crippen molar-refractivity contribution in [1.82, 2.24) is 20.0 Å². The van der Waals surface area contributed by atoms with Gasteiger partial charge in [-0.2, -0.15) is 0 Å². The van der Waals surface area contributed by atoms with Gasteiger partial charge in [0.1, 0.15) is 6.10 Å². The van der Waals surface area contributed by atoms with Crippen LogP contribution in [0.2, 0.25) is 0 Å². The average molecular weight is 673 g/mol. The number of hydrogen-bond donors (Lipinski definition) is 3. The lowest BCUT2D eigenvalue weighted by atomic mass is 10.0. The molecule has 3 N–H and O–H groups in total. The molecule has 0 aromatic heterocycles. The van der Waals surface area contributed by atoms with E-state index in [4.69, 9.17) is 9.47 Å². The first kappa shape index (κ1) is 37.4.